The van der Waals surface area contributed by atoms with Crippen LogP contribution in [0.5, 0.6) is 0 Å². The van der Waals surface area contributed by atoms with Gasteiger partial charge in [-0.1, -0.05) is 24.8 Å². The van der Waals surface area contributed by atoms with E-state index >= 15 is 0 Å². The van der Waals surface area contributed by atoms with Gasteiger partial charge in [0.15, 0.2) is 5.12 Å². The number of hydrogen-bond acceptors (Lipinski definition) is 5. The molecule has 0 spiro atoms. The summed E-state index contributed by atoms with van der Waals surface area (Å²) in [5.74, 6) is -0.0227. The van der Waals surface area contributed by atoms with E-state index in [9.17, 15) is 9.59 Å². The summed E-state index contributed by atoms with van der Waals surface area (Å²) < 4.78 is 5.89. The standard InChI is InChI=1S/C15H25NO4S/c1-9-7-12(16-14(18)6-5-10(2)17)11(3)20-13(9)8-15(19)21-4/h5-6,9-13,17H,7-8H2,1-4H3,(H,16,18)/b6-5-/t9-,10-,11+,12+,13-/m0/s1. The molecule has 1 saturated heterocycles. The summed E-state index contributed by atoms with van der Waals surface area (Å²) in [4.78, 5) is 23.3. The lowest BCUT2D eigenvalue weighted by atomic mass is 9.88. The van der Waals surface area contributed by atoms with Crippen LogP contribution in [0, 0.1) is 5.92 Å². The fourth-order valence-corrected chi connectivity index (χ4v) is 2.71. The van der Waals surface area contributed by atoms with Crippen LogP contribution < -0.4 is 5.32 Å². The second-order valence-corrected chi connectivity index (χ2v) is 6.45. The molecule has 1 heterocycles. The zero-order valence-electron chi connectivity index (χ0n) is 13.0. The van der Waals surface area contributed by atoms with Crippen LogP contribution in [0.1, 0.15) is 33.6 Å². The maximum absolute atomic E-state index is 11.8. The van der Waals surface area contributed by atoms with Crippen molar-refractivity contribution in [2.45, 2.75) is 58.0 Å². The molecule has 2 N–H and O–H groups in total. The van der Waals surface area contributed by atoms with E-state index in [0.717, 1.165) is 6.42 Å². The van der Waals surface area contributed by atoms with Crippen molar-refractivity contribution < 1.29 is 19.4 Å². The van der Waals surface area contributed by atoms with Crippen molar-refractivity contribution in [1.29, 1.82) is 0 Å². The molecule has 5 nitrogen and oxygen atoms in total. The molecule has 1 rings (SSSR count). The molecule has 1 fully saturated rings. The highest BCUT2D eigenvalue weighted by molar-refractivity contribution is 8.13. The van der Waals surface area contributed by atoms with Crippen LogP contribution >= 0.6 is 11.8 Å². The summed E-state index contributed by atoms with van der Waals surface area (Å²) in [6.45, 7) is 5.53. The minimum Gasteiger partial charge on any atom is -0.389 e. The molecule has 5 atom stereocenters. The van der Waals surface area contributed by atoms with Gasteiger partial charge in [0.1, 0.15) is 0 Å². The van der Waals surface area contributed by atoms with E-state index in [1.807, 2.05) is 13.8 Å². The van der Waals surface area contributed by atoms with Gasteiger partial charge in [-0.2, -0.15) is 0 Å². The minimum absolute atomic E-state index is 0.0771. The fourth-order valence-electron chi connectivity index (χ4n) is 2.38. The largest absolute Gasteiger partial charge is 0.389 e. The van der Waals surface area contributed by atoms with Gasteiger partial charge in [-0.05, 0) is 32.4 Å². The van der Waals surface area contributed by atoms with Crippen LogP contribution in [-0.4, -0.2) is 46.7 Å². The molecule has 0 aromatic carbocycles. The lowest BCUT2D eigenvalue weighted by Gasteiger charge is -2.39. The number of aliphatic hydroxyl groups excluding tert-OH is 1. The van der Waals surface area contributed by atoms with Crippen LogP contribution in [0.25, 0.3) is 0 Å². The zero-order chi connectivity index (χ0) is 16.0. The monoisotopic (exact) mass is 315 g/mol. The normalized spacial score (nSPS) is 31.1. The maximum atomic E-state index is 11.8. The molecule has 0 aliphatic carbocycles. The first-order valence-corrected chi connectivity index (χ1v) is 8.45. The van der Waals surface area contributed by atoms with Gasteiger partial charge in [0.05, 0.1) is 24.4 Å². The molecule has 120 valence electrons. The Morgan fingerprint density at radius 3 is 2.71 bits per heavy atom. The summed E-state index contributed by atoms with van der Waals surface area (Å²) >= 11 is 1.22. The van der Waals surface area contributed by atoms with E-state index in [-0.39, 0.29) is 35.2 Å². The van der Waals surface area contributed by atoms with Gasteiger partial charge in [-0.3, -0.25) is 9.59 Å². The molecule has 0 saturated carbocycles. The van der Waals surface area contributed by atoms with Crippen molar-refractivity contribution in [3.8, 4) is 0 Å². The summed E-state index contributed by atoms with van der Waals surface area (Å²) in [5, 5.41) is 12.1. The van der Waals surface area contributed by atoms with Gasteiger partial charge in [0, 0.05) is 12.5 Å². The molecule has 1 aliphatic rings. The van der Waals surface area contributed by atoms with Crippen LogP contribution in [0.15, 0.2) is 12.2 Å². The van der Waals surface area contributed by atoms with Crippen LogP contribution in [0.3, 0.4) is 0 Å². The quantitative estimate of drug-likeness (QED) is 0.752. The number of nitrogens with one attached hydrogen (secondary N) is 1. The number of amides is 1. The molecule has 0 bridgehead atoms. The summed E-state index contributed by atoms with van der Waals surface area (Å²) in [6.07, 6.45) is 4.88. The number of hydrogen-bond donors (Lipinski definition) is 2. The summed E-state index contributed by atoms with van der Waals surface area (Å²) in [7, 11) is 0. The first-order chi connectivity index (χ1) is 9.83. The second-order valence-electron chi connectivity index (χ2n) is 5.59. The van der Waals surface area contributed by atoms with E-state index in [1.54, 1.807) is 13.2 Å². The average molecular weight is 315 g/mol. The highest BCUT2D eigenvalue weighted by Crippen LogP contribution is 2.28. The molecule has 0 unspecified atom stereocenters. The molecular formula is C15H25NO4S. The van der Waals surface area contributed by atoms with Gasteiger partial charge in [-0.25, -0.2) is 0 Å². The highest BCUT2D eigenvalue weighted by atomic mass is 32.2. The Bertz CT molecular complexity index is 397. The Kier molecular flexibility index (Phi) is 7.42. The lowest BCUT2D eigenvalue weighted by molar-refractivity contribution is -0.129. The van der Waals surface area contributed by atoms with Crippen molar-refractivity contribution >= 4 is 22.8 Å². The van der Waals surface area contributed by atoms with Gasteiger partial charge < -0.3 is 15.2 Å². The second kappa shape index (κ2) is 8.56. The Labute approximate surface area is 130 Å². The Balaban J connectivity index is 2.53. The third-order valence-electron chi connectivity index (χ3n) is 3.67. The highest BCUT2D eigenvalue weighted by Gasteiger charge is 2.34. The third-order valence-corrected chi connectivity index (χ3v) is 4.29. The van der Waals surface area contributed by atoms with Crippen molar-refractivity contribution in [3.63, 3.8) is 0 Å². The average Bonchev–Trinajstić information content (AvgIpc) is 2.41. The number of aliphatic hydroxyl groups is 1. The molecule has 0 aromatic rings. The Morgan fingerprint density at radius 1 is 1.48 bits per heavy atom. The van der Waals surface area contributed by atoms with Crippen molar-refractivity contribution in [2.24, 2.45) is 5.92 Å². The number of ether oxygens (including phenoxy) is 1. The van der Waals surface area contributed by atoms with E-state index in [4.69, 9.17) is 9.84 Å². The number of thioether (sulfide) groups is 1. The van der Waals surface area contributed by atoms with Crippen LogP contribution in [0.4, 0.5) is 0 Å². The van der Waals surface area contributed by atoms with Crippen molar-refractivity contribution in [3.05, 3.63) is 12.2 Å². The smallest absolute Gasteiger partial charge is 0.244 e. The predicted molar refractivity (Wildman–Crippen MR) is 84.0 cm³/mol. The van der Waals surface area contributed by atoms with Crippen molar-refractivity contribution in [1.82, 2.24) is 5.32 Å². The maximum Gasteiger partial charge on any atom is 0.244 e. The first-order valence-electron chi connectivity index (χ1n) is 7.22. The molecule has 6 heteroatoms. The number of carbonyl (C=O) groups is 2. The molecule has 0 aromatic heterocycles. The summed E-state index contributed by atoms with van der Waals surface area (Å²) in [5.41, 5.74) is 0. The van der Waals surface area contributed by atoms with Gasteiger partial charge in [-0.15, -0.1) is 0 Å². The number of rotatable bonds is 5. The third kappa shape index (κ3) is 6.20. The molecule has 21 heavy (non-hydrogen) atoms. The zero-order valence-corrected chi connectivity index (χ0v) is 13.9. The van der Waals surface area contributed by atoms with Gasteiger partial charge in [0.25, 0.3) is 0 Å². The lowest BCUT2D eigenvalue weighted by Crippen LogP contribution is -2.50. The molecule has 1 aliphatic heterocycles. The van der Waals surface area contributed by atoms with Gasteiger partial charge in [0.2, 0.25) is 5.91 Å². The van der Waals surface area contributed by atoms with E-state index < -0.39 is 6.10 Å². The predicted octanol–water partition coefficient (Wildman–Crippen LogP) is 1.50. The van der Waals surface area contributed by atoms with E-state index in [1.165, 1.54) is 23.9 Å². The topological polar surface area (TPSA) is 75.6 Å². The molecule has 1 amide bonds. The van der Waals surface area contributed by atoms with Gasteiger partial charge >= 0.3 is 0 Å². The van der Waals surface area contributed by atoms with Crippen molar-refractivity contribution in [2.75, 3.05) is 6.26 Å². The first kappa shape index (κ1) is 18.2. The fraction of sp³-hybridized carbons (Fsp3) is 0.733. The Hall–Kier alpha value is -0.850. The van der Waals surface area contributed by atoms with E-state index in [0.29, 0.717) is 6.42 Å². The number of carbonyl (C=O) groups excluding carboxylic acids is 2. The van der Waals surface area contributed by atoms with E-state index in [2.05, 4.69) is 5.32 Å². The minimum atomic E-state index is -0.642. The summed E-state index contributed by atoms with van der Waals surface area (Å²) in [6, 6.07) is -0.0771. The SMILES string of the molecule is CSC(=O)C[C@@H]1O[C@H](C)[C@H](NC(=O)/C=C\[C@H](C)O)C[C@@H]1C. The molecular weight excluding hydrogens is 290 g/mol. The van der Waals surface area contributed by atoms with Crippen LogP contribution in [0.2, 0.25) is 0 Å². The molecule has 0 radical (unpaired) electrons. The van der Waals surface area contributed by atoms with Crippen LogP contribution in [-0.2, 0) is 14.3 Å². The Morgan fingerprint density at radius 2 is 2.14 bits per heavy atom.